The first-order valence-corrected chi connectivity index (χ1v) is 14.4. The molecule has 2 amide bonds. The zero-order valence-electron chi connectivity index (χ0n) is 21.1. The lowest BCUT2D eigenvalue weighted by molar-refractivity contribution is -0.137. The summed E-state index contributed by atoms with van der Waals surface area (Å²) >= 11 is 14.0. The van der Waals surface area contributed by atoms with Crippen molar-refractivity contribution in [2.75, 3.05) is 32.7 Å². The van der Waals surface area contributed by atoms with Gasteiger partial charge in [0.05, 0.1) is 22.1 Å². The van der Waals surface area contributed by atoms with E-state index in [1.54, 1.807) is 18.2 Å². The van der Waals surface area contributed by atoms with E-state index in [2.05, 4.69) is 47.5 Å². The number of carbonyl (C=O) groups is 2. The van der Waals surface area contributed by atoms with Crippen LogP contribution in [0.4, 0.5) is 0 Å². The molecule has 2 aliphatic heterocycles. The Morgan fingerprint density at radius 1 is 0.919 bits per heavy atom. The Balaban J connectivity index is 1.32. The van der Waals surface area contributed by atoms with Crippen molar-refractivity contribution in [2.24, 2.45) is 0 Å². The van der Waals surface area contributed by atoms with Crippen molar-refractivity contribution in [2.45, 2.75) is 38.8 Å². The summed E-state index contributed by atoms with van der Waals surface area (Å²) in [6.45, 7) is 7.28. The lowest BCUT2D eigenvalue weighted by atomic mass is 9.89. The Morgan fingerprint density at radius 3 is 2.46 bits per heavy atom. The lowest BCUT2D eigenvalue weighted by Crippen LogP contribution is -2.51. The molecule has 1 saturated heterocycles. The molecule has 1 fully saturated rings. The van der Waals surface area contributed by atoms with Gasteiger partial charge in [0.1, 0.15) is 0 Å². The van der Waals surface area contributed by atoms with E-state index in [9.17, 15) is 9.59 Å². The van der Waals surface area contributed by atoms with Gasteiger partial charge in [0.2, 0.25) is 5.91 Å². The maximum absolute atomic E-state index is 13.8. The van der Waals surface area contributed by atoms with Crippen LogP contribution in [-0.4, -0.2) is 65.3 Å². The minimum Gasteiger partial charge on any atom is -0.340 e. The Morgan fingerprint density at radius 2 is 1.68 bits per heavy atom. The van der Waals surface area contributed by atoms with E-state index in [0.29, 0.717) is 41.8 Å². The van der Waals surface area contributed by atoms with Gasteiger partial charge in [-0.3, -0.25) is 14.5 Å². The fourth-order valence-corrected chi connectivity index (χ4v) is 6.75. The van der Waals surface area contributed by atoms with Crippen LogP contribution < -0.4 is 0 Å². The monoisotopic (exact) mass is 555 g/mol. The van der Waals surface area contributed by atoms with Gasteiger partial charge in [-0.2, -0.15) is 0 Å². The SMILES string of the molecule is Cc1ccccc1[C@H]1c2ccsc2CCN1[C@@H](C)C(=O)N1CCCN(C(=O)c2ccc(Cl)c(Cl)c2)CC1. The van der Waals surface area contributed by atoms with Gasteiger partial charge in [0, 0.05) is 43.2 Å². The molecule has 2 aromatic carbocycles. The van der Waals surface area contributed by atoms with E-state index in [0.717, 1.165) is 19.4 Å². The smallest absolute Gasteiger partial charge is 0.253 e. The normalized spacial score (nSPS) is 19.3. The molecular weight excluding hydrogens is 525 g/mol. The molecule has 37 heavy (non-hydrogen) atoms. The average molecular weight is 557 g/mol. The summed E-state index contributed by atoms with van der Waals surface area (Å²) in [7, 11) is 0. The third-order valence-corrected chi connectivity index (χ3v) is 9.34. The summed E-state index contributed by atoms with van der Waals surface area (Å²) < 4.78 is 0. The molecule has 0 aliphatic carbocycles. The third kappa shape index (κ3) is 5.30. The van der Waals surface area contributed by atoms with Crippen molar-refractivity contribution in [3.63, 3.8) is 0 Å². The van der Waals surface area contributed by atoms with Crippen LogP contribution in [0.3, 0.4) is 0 Å². The van der Waals surface area contributed by atoms with Crippen molar-refractivity contribution in [1.29, 1.82) is 0 Å². The fraction of sp³-hybridized carbons (Fsp3) is 0.379. The van der Waals surface area contributed by atoms with Crippen molar-refractivity contribution in [3.8, 4) is 0 Å². The minimum atomic E-state index is -0.269. The van der Waals surface area contributed by atoms with E-state index in [1.807, 2.05) is 28.1 Å². The molecule has 0 saturated carbocycles. The number of amides is 2. The average Bonchev–Trinajstić information content (AvgIpc) is 3.25. The number of rotatable bonds is 4. The van der Waals surface area contributed by atoms with Crippen LogP contribution in [0.15, 0.2) is 53.9 Å². The molecular formula is C29H31Cl2N3O2S. The maximum atomic E-state index is 13.8. The molecule has 2 aliphatic rings. The highest BCUT2D eigenvalue weighted by molar-refractivity contribution is 7.10. The topological polar surface area (TPSA) is 43.9 Å². The summed E-state index contributed by atoms with van der Waals surface area (Å²) in [5.74, 6) is 0.0441. The Labute approximate surface area is 232 Å². The second-order valence-corrected chi connectivity index (χ2v) is 11.6. The molecule has 1 aromatic heterocycles. The Hall–Kier alpha value is -2.38. The molecule has 3 heterocycles. The number of hydrogen-bond acceptors (Lipinski definition) is 4. The van der Waals surface area contributed by atoms with Crippen LogP contribution in [0, 0.1) is 6.92 Å². The number of halogens is 2. The summed E-state index contributed by atoms with van der Waals surface area (Å²) in [5.41, 5.74) is 4.33. The van der Waals surface area contributed by atoms with Crippen LogP contribution in [-0.2, 0) is 11.2 Å². The van der Waals surface area contributed by atoms with Gasteiger partial charge in [-0.15, -0.1) is 11.3 Å². The zero-order valence-corrected chi connectivity index (χ0v) is 23.5. The second kappa shape index (κ2) is 11.2. The number of thiophene rings is 1. The minimum absolute atomic E-state index is 0.0647. The van der Waals surface area contributed by atoms with E-state index < -0.39 is 0 Å². The first-order valence-electron chi connectivity index (χ1n) is 12.8. The second-order valence-electron chi connectivity index (χ2n) is 9.82. The molecule has 0 N–H and O–H groups in total. The molecule has 5 rings (SSSR count). The summed E-state index contributed by atoms with van der Waals surface area (Å²) in [6.07, 6.45) is 1.69. The highest BCUT2D eigenvalue weighted by Gasteiger charge is 2.37. The van der Waals surface area contributed by atoms with Crippen molar-refractivity contribution in [3.05, 3.63) is 91.1 Å². The lowest BCUT2D eigenvalue weighted by Gasteiger charge is -2.41. The quantitative estimate of drug-likeness (QED) is 0.392. The van der Waals surface area contributed by atoms with Crippen molar-refractivity contribution in [1.82, 2.24) is 14.7 Å². The van der Waals surface area contributed by atoms with Crippen LogP contribution in [0.25, 0.3) is 0 Å². The first kappa shape index (κ1) is 26.2. The predicted molar refractivity (Wildman–Crippen MR) is 151 cm³/mol. The van der Waals surface area contributed by atoms with E-state index in [-0.39, 0.29) is 23.9 Å². The molecule has 5 nitrogen and oxygen atoms in total. The number of carbonyl (C=O) groups excluding carboxylic acids is 2. The largest absolute Gasteiger partial charge is 0.340 e. The fourth-order valence-electron chi connectivity index (χ4n) is 5.55. The van der Waals surface area contributed by atoms with E-state index in [4.69, 9.17) is 23.2 Å². The number of fused-ring (bicyclic) bond motifs is 1. The predicted octanol–water partition coefficient (Wildman–Crippen LogP) is 6.07. The Bertz CT molecular complexity index is 1310. The van der Waals surface area contributed by atoms with Crippen molar-refractivity contribution < 1.29 is 9.59 Å². The molecule has 194 valence electrons. The first-order chi connectivity index (χ1) is 17.8. The van der Waals surface area contributed by atoms with Crippen LogP contribution in [0.1, 0.15) is 51.3 Å². The molecule has 0 spiro atoms. The van der Waals surface area contributed by atoms with Crippen LogP contribution in [0.5, 0.6) is 0 Å². The number of aryl methyl sites for hydroxylation is 1. The molecule has 0 radical (unpaired) electrons. The molecule has 0 bridgehead atoms. The molecule has 2 atom stereocenters. The summed E-state index contributed by atoms with van der Waals surface area (Å²) in [6, 6.07) is 15.5. The number of hydrogen-bond donors (Lipinski definition) is 0. The van der Waals surface area contributed by atoms with Gasteiger partial charge >= 0.3 is 0 Å². The summed E-state index contributed by atoms with van der Waals surface area (Å²) in [4.78, 5) is 34.5. The highest BCUT2D eigenvalue weighted by atomic mass is 35.5. The number of benzene rings is 2. The van der Waals surface area contributed by atoms with Gasteiger partial charge in [0.25, 0.3) is 5.91 Å². The van der Waals surface area contributed by atoms with Gasteiger partial charge in [0.15, 0.2) is 0 Å². The Kier molecular flexibility index (Phi) is 7.91. The highest BCUT2D eigenvalue weighted by Crippen LogP contribution is 2.40. The van der Waals surface area contributed by atoms with Gasteiger partial charge in [-0.25, -0.2) is 0 Å². The maximum Gasteiger partial charge on any atom is 0.253 e. The molecule has 3 aromatic rings. The van der Waals surface area contributed by atoms with Gasteiger partial charge in [-0.05, 0) is 73.0 Å². The van der Waals surface area contributed by atoms with E-state index in [1.165, 1.54) is 21.6 Å². The van der Waals surface area contributed by atoms with E-state index >= 15 is 0 Å². The third-order valence-electron chi connectivity index (χ3n) is 7.60. The van der Waals surface area contributed by atoms with Crippen molar-refractivity contribution >= 4 is 46.4 Å². The zero-order chi connectivity index (χ0) is 26.1. The molecule has 8 heteroatoms. The standard InChI is InChI=1S/C29H31Cl2N3O2S/c1-19-6-3-4-7-22(19)27-23-11-17-37-26(23)10-14-34(27)20(2)28(35)32-12-5-13-33(16-15-32)29(36)21-8-9-24(30)25(31)18-21/h3-4,6-9,11,17-18,20,27H,5,10,12-16H2,1-2H3/t20-,27-/m0/s1. The van der Waals surface area contributed by atoms with Crippen LogP contribution in [0.2, 0.25) is 10.0 Å². The molecule has 0 unspecified atom stereocenters. The van der Waals surface area contributed by atoms with Gasteiger partial charge < -0.3 is 9.80 Å². The summed E-state index contributed by atoms with van der Waals surface area (Å²) in [5, 5.41) is 2.96. The number of nitrogens with zero attached hydrogens (tertiary/aromatic N) is 3. The van der Waals surface area contributed by atoms with Crippen LogP contribution >= 0.6 is 34.5 Å². The van der Waals surface area contributed by atoms with Gasteiger partial charge in [-0.1, -0.05) is 47.5 Å².